The summed E-state index contributed by atoms with van der Waals surface area (Å²) >= 11 is 5.23. The molecule has 2 heterocycles. The van der Waals surface area contributed by atoms with Crippen LogP contribution in [-0.4, -0.2) is 17.0 Å². The fourth-order valence-corrected chi connectivity index (χ4v) is 3.39. The minimum Gasteiger partial charge on any atom is -0.367 e. The maximum Gasteiger partial charge on any atom is 0.112 e. The van der Waals surface area contributed by atoms with Crippen LogP contribution in [0.4, 0.5) is 5.69 Å². The number of anilines is 1. The molecule has 0 aliphatic carbocycles. The van der Waals surface area contributed by atoms with Gasteiger partial charge in [0.15, 0.2) is 0 Å². The summed E-state index contributed by atoms with van der Waals surface area (Å²) in [4.78, 5) is 11.2. The lowest BCUT2D eigenvalue weighted by atomic mass is 10.2. The Balaban J connectivity index is 1.98. The highest BCUT2D eigenvalue weighted by Gasteiger charge is 2.09. The van der Waals surface area contributed by atoms with E-state index in [2.05, 4.69) is 55.4 Å². The van der Waals surface area contributed by atoms with Crippen LogP contribution in [0.1, 0.15) is 10.7 Å². The summed E-state index contributed by atoms with van der Waals surface area (Å²) < 4.78 is 1.07. The summed E-state index contributed by atoms with van der Waals surface area (Å²) in [6.45, 7) is 2.84. The van der Waals surface area contributed by atoms with E-state index < -0.39 is 0 Å². The molecule has 5 heteroatoms. The van der Waals surface area contributed by atoms with Gasteiger partial charge in [-0.2, -0.15) is 0 Å². The molecule has 0 spiro atoms. The number of hydrogen-bond acceptors (Lipinski definition) is 4. The van der Waals surface area contributed by atoms with E-state index in [9.17, 15) is 0 Å². The minimum atomic E-state index is 0.810. The van der Waals surface area contributed by atoms with E-state index in [-0.39, 0.29) is 0 Å². The molecule has 0 bridgehead atoms. The van der Waals surface area contributed by atoms with E-state index in [0.29, 0.717) is 0 Å². The Morgan fingerprint density at radius 3 is 2.90 bits per heavy atom. The Morgan fingerprint density at radius 2 is 2.15 bits per heavy atom. The second-order valence-corrected chi connectivity index (χ2v) is 6.59. The fourth-order valence-electron chi connectivity index (χ4n) is 2.20. The second-order valence-electron chi connectivity index (χ2n) is 4.73. The summed E-state index contributed by atoms with van der Waals surface area (Å²) in [7, 11) is 2.09. The van der Waals surface area contributed by atoms with Gasteiger partial charge in [-0.15, -0.1) is 11.3 Å². The molecule has 3 rings (SSSR count). The standard InChI is InChI=1S/C15H14BrN3S/c1-10-9-20-15(18-10)8-19(2)14-5-6-17-13-4-3-11(16)7-12(13)14/h3-7,9H,8H2,1-2H3. The predicted octanol–water partition coefficient (Wildman–Crippen LogP) is 4.40. The molecule has 0 aliphatic rings. The molecule has 0 atom stereocenters. The molecular formula is C15H14BrN3S. The number of benzene rings is 1. The van der Waals surface area contributed by atoms with Crippen LogP contribution >= 0.6 is 27.3 Å². The van der Waals surface area contributed by atoms with E-state index in [0.717, 1.165) is 32.6 Å². The number of fused-ring (bicyclic) bond motifs is 1. The van der Waals surface area contributed by atoms with Crippen molar-refractivity contribution in [1.82, 2.24) is 9.97 Å². The quantitative estimate of drug-likeness (QED) is 0.703. The van der Waals surface area contributed by atoms with Gasteiger partial charge in [-0.3, -0.25) is 4.98 Å². The predicted molar refractivity (Wildman–Crippen MR) is 88.4 cm³/mol. The van der Waals surface area contributed by atoms with Gasteiger partial charge in [0, 0.05) is 39.9 Å². The highest BCUT2D eigenvalue weighted by atomic mass is 79.9. The lowest BCUT2D eigenvalue weighted by Crippen LogP contribution is -2.16. The monoisotopic (exact) mass is 347 g/mol. The summed E-state index contributed by atoms with van der Waals surface area (Å²) in [6.07, 6.45) is 1.86. The first-order chi connectivity index (χ1) is 9.63. The lowest BCUT2D eigenvalue weighted by Gasteiger charge is -2.19. The van der Waals surface area contributed by atoms with Crippen molar-refractivity contribution in [2.24, 2.45) is 0 Å². The van der Waals surface area contributed by atoms with E-state index in [4.69, 9.17) is 0 Å². The molecule has 2 aromatic heterocycles. The van der Waals surface area contributed by atoms with E-state index in [1.807, 2.05) is 25.3 Å². The van der Waals surface area contributed by atoms with Crippen molar-refractivity contribution in [2.75, 3.05) is 11.9 Å². The second kappa shape index (κ2) is 5.50. The first-order valence-corrected chi connectivity index (χ1v) is 7.97. The van der Waals surface area contributed by atoms with Crippen molar-refractivity contribution in [3.8, 4) is 0 Å². The highest BCUT2D eigenvalue weighted by molar-refractivity contribution is 9.10. The molecular weight excluding hydrogens is 334 g/mol. The third kappa shape index (κ3) is 2.69. The van der Waals surface area contributed by atoms with Gasteiger partial charge in [0.25, 0.3) is 0 Å². The third-order valence-electron chi connectivity index (χ3n) is 3.13. The molecule has 0 saturated carbocycles. The van der Waals surface area contributed by atoms with Gasteiger partial charge in [-0.05, 0) is 31.2 Å². The number of thiazole rings is 1. The molecule has 20 heavy (non-hydrogen) atoms. The zero-order chi connectivity index (χ0) is 14.1. The molecule has 0 aliphatic heterocycles. The van der Waals surface area contributed by atoms with Crippen molar-refractivity contribution in [3.05, 3.63) is 51.0 Å². The van der Waals surface area contributed by atoms with Crippen LogP contribution in [0.15, 0.2) is 40.3 Å². The van der Waals surface area contributed by atoms with Crippen molar-refractivity contribution in [1.29, 1.82) is 0 Å². The Morgan fingerprint density at radius 1 is 1.30 bits per heavy atom. The van der Waals surface area contributed by atoms with Gasteiger partial charge < -0.3 is 4.90 Å². The number of nitrogens with zero attached hydrogens (tertiary/aromatic N) is 3. The summed E-state index contributed by atoms with van der Waals surface area (Å²) in [6, 6.07) is 8.21. The van der Waals surface area contributed by atoms with E-state index in [1.165, 1.54) is 5.69 Å². The van der Waals surface area contributed by atoms with Crippen LogP contribution in [0, 0.1) is 6.92 Å². The topological polar surface area (TPSA) is 29.0 Å². The molecule has 0 N–H and O–H groups in total. The average Bonchev–Trinajstić information content (AvgIpc) is 2.83. The largest absolute Gasteiger partial charge is 0.367 e. The van der Waals surface area contributed by atoms with Crippen LogP contribution in [0.2, 0.25) is 0 Å². The SMILES string of the molecule is Cc1csc(CN(C)c2ccnc3ccc(Br)cc23)n1. The van der Waals surface area contributed by atoms with Gasteiger partial charge in [0.05, 0.1) is 12.1 Å². The zero-order valence-corrected chi connectivity index (χ0v) is 13.7. The van der Waals surface area contributed by atoms with Crippen molar-refractivity contribution in [2.45, 2.75) is 13.5 Å². The Labute approximate surface area is 130 Å². The molecule has 1 aromatic carbocycles. The number of aromatic nitrogens is 2. The summed E-state index contributed by atoms with van der Waals surface area (Å²) in [5.41, 5.74) is 3.26. The van der Waals surface area contributed by atoms with E-state index >= 15 is 0 Å². The number of hydrogen-bond donors (Lipinski definition) is 0. The lowest BCUT2D eigenvalue weighted by molar-refractivity contribution is 0.908. The zero-order valence-electron chi connectivity index (χ0n) is 11.3. The first kappa shape index (κ1) is 13.5. The molecule has 0 unspecified atom stereocenters. The van der Waals surface area contributed by atoms with E-state index in [1.54, 1.807) is 11.3 Å². The van der Waals surface area contributed by atoms with Crippen LogP contribution in [-0.2, 0) is 6.54 Å². The molecule has 0 saturated heterocycles. The Kier molecular flexibility index (Phi) is 3.72. The van der Waals surface area contributed by atoms with Crippen molar-refractivity contribution in [3.63, 3.8) is 0 Å². The van der Waals surface area contributed by atoms with Crippen molar-refractivity contribution >= 4 is 43.9 Å². The van der Waals surface area contributed by atoms with Crippen LogP contribution in [0.25, 0.3) is 10.9 Å². The molecule has 3 aromatic rings. The summed E-state index contributed by atoms with van der Waals surface area (Å²) in [5.74, 6) is 0. The van der Waals surface area contributed by atoms with Crippen LogP contribution < -0.4 is 4.90 Å². The normalized spacial score (nSPS) is 10.9. The van der Waals surface area contributed by atoms with Gasteiger partial charge >= 0.3 is 0 Å². The Bertz CT molecular complexity index is 754. The number of rotatable bonds is 3. The fraction of sp³-hybridized carbons (Fsp3) is 0.200. The third-order valence-corrected chi connectivity index (χ3v) is 4.58. The molecule has 3 nitrogen and oxygen atoms in total. The first-order valence-electron chi connectivity index (χ1n) is 6.30. The number of halogens is 1. The van der Waals surface area contributed by atoms with Gasteiger partial charge in [0.2, 0.25) is 0 Å². The molecule has 0 radical (unpaired) electrons. The molecule has 102 valence electrons. The van der Waals surface area contributed by atoms with Crippen LogP contribution in [0.3, 0.4) is 0 Å². The van der Waals surface area contributed by atoms with Crippen molar-refractivity contribution < 1.29 is 0 Å². The van der Waals surface area contributed by atoms with Gasteiger partial charge in [-0.25, -0.2) is 4.98 Å². The van der Waals surface area contributed by atoms with Gasteiger partial charge in [0.1, 0.15) is 5.01 Å². The maximum absolute atomic E-state index is 4.53. The average molecular weight is 348 g/mol. The maximum atomic E-state index is 4.53. The highest BCUT2D eigenvalue weighted by Crippen LogP contribution is 2.28. The smallest absolute Gasteiger partial charge is 0.112 e. The molecule has 0 amide bonds. The minimum absolute atomic E-state index is 0.810. The van der Waals surface area contributed by atoms with Gasteiger partial charge in [-0.1, -0.05) is 15.9 Å². The summed E-state index contributed by atoms with van der Waals surface area (Å²) in [5, 5.41) is 4.37. The number of pyridine rings is 1. The Hall–Kier alpha value is -1.46. The van der Waals surface area contributed by atoms with Crippen LogP contribution in [0.5, 0.6) is 0 Å². The number of aryl methyl sites for hydroxylation is 1. The molecule has 0 fully saturated rings.